The second-order valence-corrected chi connectivity index (χ2v) is 3.92. The smallest absolute Gasteiger partial charge is 0.384 e. The van der Waals surface area contributed by atoms with Crippen LogP contribution in [0.2, 0.25) is 0 Å². The number of nitro groups is 1. The van der Waals surface area contributed by atoms with Crippen molar-refractivity contribution in [1.29, 1.82) is 0 Å². The van der Waals surface area contributed by atoms with Gasteiger partial charge >= 0.3 is 5.97 Å². The first-order valence-electron chi connectivity index (χ1n) is 6.26. The van der Waals surface area contributed by atoms with Crippen LogP contribution in [0.4, 0.5) is 5.69 Å². The average molecular weight is 309 g/mol. The second-order valence-electron chi connectivity index (χ2n) is 3.92. The Labute approximate surface area is 126 Å². The summed E-state index contributed by atoms with van der Waals surface area (Å²) in [4.78, 5) is 21.4. The molecule has 0 aliphatic carbocycles. The normalized spacial score (nSPS) is 11.0. The van der Waals surface area contributed by atoms with Gasteiger partial charge in [0.25, 0.3) is 5.69 Å². The van der Waals surface area contributed by atoms with Crippen LogP contribution >= 0.6 is 0 Å². The van der Waals surface area contributed by atoms with E-state index < -0.39 is 17.0 Å². The van der Waals surface area contributed by atoms with E-state index in [1.54, 1.807) is 6.92 Å². The van der Waals surface area contributed by atoms with Gasteiger partial charge in [-0.2, -0.15) is 0 Å². The number of carbonyl (C=O) groups is 1. The summed E-state index contributed by atoms with van der Waals surface area (Å²) in [6, 6.07) is 3.81. The van der Waals surface area contributed by atoms with E-state index in [-0.39, 0.29) is 30.4 Å². The zero-order valence-corrected chi connectivity index (χ0v) is 12.1. The van der Waals surface area contributed by atoms with Gasteiger partial charge < -0.3 is 19.3 Å². The number of aliphatic hydroxyl groups is 1. The number of rotatable bonds is 6. The van der Waals surface area contributed by atoms with E-state index in [2.05, 4.69) is 16.6 Å². The van der Waals surface area contributed by atoms with Crippen LogP contribution in [0.3, 0.4) is 0 Å². The van der Waals surface area contributed by atoms with Crippen LogP contribution in [-0.4, -0.2) is 36.5 Å². The molecule has 8 heteroatoms. The molecule has 1 unspecified atom stereocenters. The van der Waals surface area contributed by atoms with Gasteiger partial charge in [-0.25, -0.2) is 4.79 Å². The fourth-order valence-corrected chi connectivity index (χ4v) is 1.51. The molecule has 1 atom stereocenters. The third-order valence-corrected chi connectivity index (χ3v) is 2.42. The van der Waals surface area contributed by atoms with E-state index in [1.807, 2.05) is 0 Å². The standard InChI is InChI=1S/C14H15NO7/c1-3-21-14(17)7-6-13(16)11-8-10(22-9-20-2)4-5-12(11)15(18)19/h4-5,8,13,16H,3,9H2,1-2H3. The molecule has 0 aliphatic heterocycles. The molecule has 0 bridgehead atoms. The van der Waals surface area contributed by atoms with Gasteiger partial charge in [-0.15, -0.1) is 0 Å². The van der Waals surface area contributed by atoms with Crippen LogP contribution < -0.4 is 4.74 Å². The summed E-state index contributed by atoms with van der Waals surface area (Å²) in [6.45, 7) is 1.70. The molecule has 0 aromatic heterocycles. The summed E-state index contributed by atoms with van der Waals surface area (Å²) in [6.07, 6.45) is -1.53. The Bertz CT molecular complexity index is 603. The minimum atomic E-state index is -1.53. The lowest BCUT2D eigenvalue weighted by Gasteiger charge is -2.09. The molecule has 0 fully saturated rings. The van der Waals surface area contributed by atoms with Gasteiger partial charge in [-0.3, -0.25) is 10.1 Å². The molecular weight excluding hydrogens is 294 g/mol. The van der Waals surface area contributed by atoms with Gasteiger partial charge in [0.15, 0.2) is 6.79 Å². The first-order valence-corrected chi connectivity index (χ1v) is 6.26. The lowest BCUT2D eigenvalue weighted by molar-refractivity contribution is -0.386. The number of hydrogen-bond acceptors (Lipinski definition) is 7. The maximum atomic E-state index is 11.1. The Kier molecular flexibility index (Phi) is 6.82. The van der Waals surface area contributed by atoms with Gasteiger partial charge in [0.2, 0.25) is 0 Å². The SMILES string of the molecule is CCOC(=O)C#CC(O)c1cc(OCOC)ccc1[N+](=O)[O-]. The van der Waals surface area contributed by atoms with Crippen LogP contribution in [0, 0.1) is 22.0 Å². The molecule has 0 spiro atoms. The molecule has 0 aliphatic rings. The summed E-state index contributed by atoms with van der Waals surface area (Å²) in [7, 11) is 1.42. The van der Waals surface area contributed by atoms with E-state index in [1.165, 1.54) is 25.3 Å². The lowest BCUT2D eigenvalue weighted by Crippen LogP contribution is -2.05. The Morgan fingerprint density at radius 3 is 2.82 bits per heavy atom. The predicted molar refractivity (Wildman–Crippen MR) is 75.0 cm³/mol. The number of esters is 1. The highest BCUT2D eigenvalue weighted by Gasteiger charge is 2.20. The number of benzene rings is 1. The zero-order chi connectivity index (χ0) is 16.5. The number of hydrogen-bond donors (Lipinski definition) is 1. The Hall–Kier alpha value is -2.63. The van der Waals surface area contributed by atoms with Crippen molar-refractivity contribution >= 4 is 11.7 Å². The fourth-order valence-electron chi connectivity index (χ4n) is 1.51. The van der Waals surface area contributed by atoms with Crippen LogP contribution in [0.5, 0.6) is 5.75 Å². The molecule has 1 aromatic rings. The van der Waals surface area contributed by atoms with E-state index in [0.29, 0.717) is 0 Å². The van der Waals surface area contributed by atoms with E-state index in [0.717, 1.165) is 0 Å². The third-order valence-electron chi connectivity index (χ3n) is 2.42. The maximum Gasteiger partial charge on any atom is 0.384 e. The van der Waals surface area contributed by atoms with Crippen LogP contribution in [-0.2, 0) is 14.3 Å². The van der Waals surface area contributed by atoms with Crippen LogP contribution in [0.15, 0.2) is 18.2 Å². The summed E-state index contributed by atoms with van der Waals surface area (Å²) in [5.74, 6) is 3.70. The Morgan fingerprint density at radius 1 is 1.50 bits per heavy atom. The molecule has 0 saturated heterocycles. The van der Waals surface area contributed by atoms with Gasteiger partial charge in [0.05, 0.1) is 17.1 Å². The predicted octanol–water partition coefficient (Wildman–Crippen LogP) is 1.18. The highest BCUT2D eigenvalue weighted by molar-refractivity contribution is 5.88. The van der Waals surface area contributed by atoms with E-state index >= 15 is 0 Å². The number of nitrogens with zero attached hydrogens (tertiary/aromatic N) is 1. The van der Waals surface area contributed by atoms with Crippen molar-refractivity contribution in [3.05, 3.63) is 33.9 Å². The number of ether oxygens (including phenoxy) is 3. The van der Waals surface area contributed by atoms with Gasteiger partial charge in [-0.05, 0) is 19.1 Å². The molecule has 1 rings (SSSR count). The Morgan fingerprint density at radius 2 is 2.23 bits per heavy atom. The van der Waals surface area contributed by atoms with E-state index in [9.17, 15) is 20.0 Å². The number of aliphatic hydroxyl groups excluding tert-OH is 1. The third kappa shape index (κ3) is 5.05. The average Bonchev–Trinajstić information content (AvgIpc) is 2.50. The quantitative estimate of drug-likeness (QED) is 0.210. The maximum absolute atomic E-state index is 11.1. The van der Waals surface area contributed by atoms with Crippen LogP contribution in [0.25, 0.3) is 0 Å². The highest BCUT2D eigenvalue weighted by atomic mass is 16.7. The first-order chi connectivity index (χ1) is 10.5. The summed E-state index contributed by atoms with van der Waals surface area (Å²) >= 11 is 0. The van der Waals surface area contributed by atoms with Gasteiger partial charge in [0, 0.05) is 19.1 Å². The van der Waals surface area contributed by atoms with Crippen molar-refractivity contribution in [3.8, 4) is 17.6 Å². The summed E-state index contributed by atoms with van der Waals surface area (Å²) < 4.78 is 14.5. The van der Waals surface area contributed by atoms with Crippen molar-refractivity contribution in [2.24, 2.45) is 0 Å². The molecule has 8 nitrogen and oxygen atoms in total. The van der Waals surface area contributed by atoms with E-state index in [4.69, 9.17) is 9.47 Å². The monoisotopic (exact) mass is 309 g/mol. The molecule has 22 heavy (non-hydrogen) atoms. The zero-order valence-electron chi connectivity index (χ0n) is 12.1. The van der Waals surface area contributed by atoms with Crippen LogP contribution in [0.1, 0.15) is 18.6 Å². The molecule has 1 N–H and O–H groups in total. The first kappa shape index (κ1) is 17.4. The number of methoxy groups -OCH3 is 1. The molecule has 118 valence electrons. The van der Waals surface area contributed by atoms with Crippen molar-refractivity contribution in [1.82, 2.24) is 0 Å². The molecule has 0 amide bonds. The fraction of sp³-hybridized carbons (Fsp3) is 0.357. The molecule has 0 radical (unpaired) electrons. The lowest BCUT2D eigenvalue weighted by atomic mass is 10.1. The van der Waals surface area contributed by atoms with Gasteiger partial charge in [-0.1, -0.05) is 5.92 Å². The molecule has 0 heterocycles. The Balaban J connectivity index is 3.07. The van der Waals surface area contributed by atoms with Crippen molar-refractivity contribution in [2.45, 2.75) is 13.0 Å². The van der Waals surface area contributed by atoms with Crippen molar-refractivity contribution < 1.29 is 29.0 Å². The molecule has 0 saturated carbocycles. The summed E-state index contributed by atoms with van der Waals surface area (Å²) in [5.41, 5.74) is -0.425. The molecular formula is C14H15NO7. The minimum absolute atomic E-state index is 0.0537. The minimum Gasteiger partial charge on any atom is -0.468 e. The molecule has 1 aromatic carbocycles. The summed E-state index contributed by atoms with van der Waals surface area (Å²) in [5, 5.41) is 20.9. The van der Waals surface area contributed by atoms with Crippen molar-refractivity contribution in [2.75, 3.05) is 20.5 Å². The van der Waals surface area contributed by atoms with Gasteiger partial charge in [0.1, 0.15) is 11.9 Å². The highest BCUT2D eigenvalue weighted by Crippen LogP contribution is 2.29. The topological polar surface area (TPSA) is 108 Å². The number of nitro benzene ring substituents is 1. The largest absolute Gasteiger partial charge is 0.468 e. The van der Waals surface area contributed by atoms with Crippen molar-refractivity contribution in [3.63, 3.8) is 0 Å². The number of carbonyl (C=O) groups excluding carboxylic acids is 1. The second kappa shape index (κ2) is 8.61.